The summed E-state index contributed by atoms with van der Waals surface area (Å²) in [4.78, 5) is 14.3. The molecule has 2 fully saturated rings. The number of rotatable bonds is 6. The van der Waals surface area contributed by atoms with Gasteiger partial charge in [0, 0.05) is 38.8 Å². The number of likely N-dealkylation sites (tertiary alicyclic amines) is 1. The molecule has 1 atom stereocenters. The Morgan fingerprint density at radius 3 is 2.65 bits per heavy atom. The molecular formula is C16H23N3O. The van der Waals surface area contributed by atoms with E-state index in [1.54, 1.807) is 0 Å². The van der Waals surface area contributed by atoms with Crippen LogP contribution in [0.2, 0.25) is 0 Å². The van der Waals surface area contributed by atoms with Gasteiger partial charge in [0.1, 0.15) is 0 Å². The van der Waals surface area contributed by atoms with Gasteiger partial charge in [0.2, 0.25) is 5.91 Å². The normalized spacial score (nSPS) is 27.1. The molecule has 1 saturated carbocycles. The van der Waals surface area contributed by atoms with Crippen LogP contribution in [-0.4, -0.2) is 29.6 Å². The highest BCUT2D eigenvalue weighted by atomic mass is 16.2. The number of nitrogens with zero attached hydrogens (tertiary/aromatic N) is 3. The zero-order chi connectivity index (χ0) is 14.0. The maximum atomic E-state index is 12.3. The molecule has 0 bridgehead atoms. The highest BCUT2D eigenvalue weighted by Gasteiger charge is 2.40. The second kappa shape index (κ2) is 5.55. The van der Waals surface area contributed by atoms with Crippen molar-refractivity contribution in [1.82, 2.24) is 4.90 Å². The van der Waals surface area contributed by atoms with E-state index in [-0.39, 0.29) is 11.6 Å². The molecule has 3 rings (SSSR count). The minimum Gasteiger partial charge on any atom is -0.342 e. The van der Waals surface area contributed by atoms with Crippen LogP contribution < -0.4 is 0 Å². The second-order valence-corrected chi connectivity index (χ2v) is 6.47. The van der Waals surface area contributed by atoms with Crippen LogP contribution in [-0.2, 0) is 4.79 Å². The lowest BCUT2D eigenvalue weighted by molar-refractivity contribution is -0.130. The molecule has 0 aromatic carbocycles. The van der Waals surface area contributed by atoms with Crippen LogP contribution in [0.5, 0.6) is 0 Å². The van der Waals surface area contributed by atoms with E-state index in [4.69, 9.17) is 6.42 Å². The van der Waals surface area contributed by atoms with Crippen molar-refractivity contribution >= 4 is 5.91 Å². The van der Waals surface area contributed by atoms with E-state index in [0.29, 0.717) is 12.8 Å². The Kier molecular flexibility index (Phi) is 3.78. The first-order valence-corrected chi connectivity index (χ1v) is 7.88. The van der Waals surface area contributed by atoms with Crippen LogP contribution in [0.25, 0.3) is 0 Å². The van der Waals surface area contributed by atoms with Gasteiger partial charge in [0.05, 0.1) is 0 Å². The minimum atomic E-state index is -0.310. The molecule has 2 heterocycles. The van der Waals surface area contributed by atoms with Crippen LogP contribution in [0.4, 0.5) is 0 Å². The summed E-state index contributed by atoms with van der Waals surface area (Å²) in [5.74, 6) is 4.56. The van der Waals surface area contributed by atoms with Crippen molar-refractivity contribution in [2.24, 2.45) is 22.1 Å². The predicted octanol–water partition coefficient (Wildman–Crippen LogP) is 2.99. The van der Waals surface area contributed by atoms with Gasteiger partial charge in [0.25, 0.3) is 0 Å². The molecule has 0 aromatic rings. The average Bonchev–Trinajstić information content (AvgIpc) is 3.01. The second-order valence-electron chi connectivity index (χ2n) is 6.47. The molecule has 4 nitrogen and oxygen atoms in total. The van der Waals surface area contributed by atoms with Crippen LogP contribution in [0, 0.1) is 24.2 Å². The van der Waals surface area contributed by atoms with Crippen molar-refractivity contribution in [3.63, 3.8) is 0 Å². The van der Waals surface area contributed by atoms with Crippen molar-refractivity contribution in [1.29, 1.82) is 0 Å². The lowest BCUT2D eigenvalue weighted by Crippen LogP contribution is -2.31. The Hall–Kier alpha value is -1.37. The zero-order valence-corrected chi connectivity index (χ0v) is 12.1. The lowest BCUT2D eigenvalue weighted by Gasteiger charge is -2.31. The van der Waals surface area contributed by atoms with E-state index in [1.165, 1.54) is 25.7 Å². The molecule has 0 N–H and O–H groups in total. The maximum absolute atomic E-state index is 12.3. The van der Waals surface area contributed by atoms with Gasteiger partial charge in [-0.25, -0.2) is 0 Å². The van der Waals surface area contributed by atoms with E-state index < -0.39 is 0 Å². The van der Waals surface area contributed by atoms with Gasteiger partial charge < -0.3 is 4.90 Å². The summed E-state index contributed by atoms with van der Waals surface area (Å²) < 4.78 is 0. The molecule has 1 saturated heterocycles. The molecule has 108 valence electrons. The van der Waals surface area contributed by atoms with Crippen molar-refractivity contribution in [2.75, 3.05) is 13.1 Å². The topological polar surface area (TPSA) is 45.0 Å². The first kappa shape index (κ1) is 13.6. The third kappa shape index (κ3) is 2.87. The van der Waals surface area contributed by atoms with E-state index in [0.717, 1.165) is 37.8 Å². The average molecular weight is 273 g/mol. The SMILES string of the molecule is C#CCCC1(CCC(=O)N2CCC(C3CCC3)C2)N=N1. The zero-order valence-electron chi connectivity index (χ0n) is 12.1. The molecular weight excluding hydrogens is 250 g/mol. The van der Waals surface area contributed by atoms with Crippen LogP contribution in [0.15, 0.2) is 10.2 Å². The molecule has 1 aliphatic carbocycles. The number of hydrogen-bond acceptors (Lipinski definition) is 3. The highest BCUT2D eigenvalue weighted by Crippen LogP contribution is 2.40. The first-order valence-electron chi connectivity index (χ1n) is 7.88. The van der Waals surface area contributed by atoms with Crippen molar-refractivity contribution in [2.45, 2.75) is 57.0 Å². The molecule has 1 unspecified atom stereocenters. The highest BCUT2D eigenvalue weighted by molar-refractivity contribution is 5.76. The van der Waals surface area contributed by atoms with Gasteiger partial charge in [-0.05, 0) is 18.3 Å². The first-order chi connectivity index (χ1) is 9.72. The van der Waals surface area contributed by atoms with Gasteiger partial charge in [0.15, 0.2) is 5.66 Å². The van der Waals surface area contributed by atoms with Crippen LogP contribution in [0.3, 0.4) is 0 Å². The van der Waals surface area contributed by atoms with Crippen LogP contribution in [0.1, 0.15) is 51.4 Å². The third-order valence-corrected chi connectivity index (χ3v) is 5.19. The molecule has 3 aliphatic rings. The molecule has 0 aromatic heterocycles. The minimum absolute atomic E-state index is 0.282. The van der Waals surface area contributed by atoms with Gasteiger partial charge >= 0.3 is 0 Å². The summed E-state index contributed by atoms with van der Waals surface area (Å²) in [7, 11) is 0. The third-order valence-electron chi connectivity index (χ3n) is 5.19. The Morgan fingerprint density at radius 1 is 1.25 bits per heavy atom. The largest absolute Gasteiger partial charge is 0.342 e. The summed E-state index contributed by atoms with van der Waals surface area (Å²) in [6.07, 6.45) is 13.4. The monoisotopic (exact) mass is 273 g/mol. The summed E-state index contributed by atoms with van der Waals surface area (Å²) >= 11 is 0. The van der Waals surface area contributed by atoms with E-state index >= 15 is 0 Å². The summed E-state index contributed by atoms with van der Waals surface area (Å²) in [5, 5.41) is 8.19. The van der Waals surface area contributed by atoms with Gasteiger partial charge in [-0.3, -0.25) is 4.79 Å². The fourth-order valence-corrected chi connectivity index (χ4v) is 3.44. The fourth-order valence-electron chi connectivity index (χ4n) is 3.44. The van der Waals surface area contributed by atoms with Crippen molar-refractivity contribution in [3.05, 3.63) is 0 Å². The molecule has 0 radical (unpaired) electrons. The number of amides is 1. The lowest BCUT2D eigenvalue weighted by atomic mass is 9.75. The molecule has 4 heteroatoms. The Bertz CT molecular complexity index is 441. The Morgan fingerprint density at radius 2 is 2.05 bits per heavy atom. The number of carbonyl (C=O) groups is 1. The van der Waals surface area contributed by atoms with E-state index in [2.05, 4.69) is 21.0 Å². The van der Waals surface area contributed by atoms with E-state index in [1.807, 2.05) is 0 Å². The van der Waals surface area contributed by atoms with E-state index in [9.17, 15) is 4.79 Å². The quantitative estimate of drug-likeness (QED) is 0.686. The summed E-state index contributed by atoms with van der Waals surface area (Å²) in [5.41, 5.74) is -0.310. The number of terminal acetylenes is 1. The molecule has 2 aliphatic heterocycles. The Labute approximate surface area is 121 Å². The predicted molar refractivity (Wildman–Crippen MR) is 76.9 cm³/mol. The summed E-state index contributed by atoms with van der Waals surface area (Å²) in [6, 6.07) is 0. The van der Waals surface area contributed by atoms with Crippen molar-refractivity contribution in [3.8, 4) is 12.3 Å². The van der Waals surface area contributed by atoms with Crippen molar-refractivity contribution < 1.29 is 4.79 Å². The van der Waals surface area contributed by atoms with Gasteiger partial charge in [-0.15, -0.1) is 12.3 Å². The molecule has 1 amide bonds. The van der Waals surface area contributed by atoms with Gasteiger partial charge in [-0.2, -0.15) is 10.2 Å². The molecule has 20 heavy (non-hydrogen) atoms. The fraction of sp³-hybridized carbons (Fsp3) is 0.812. The molecule has 0 spiro atoms. The van der Waals surface area contributed by atoms with Gasteiger partial charge in [-0.1, -0.05) is 19.3 Å². The maximum Gasteiger partial charge on any atom is 0.222 e. The smallest absolute Gasteiger partial charge is 0.222 e. The number of carbonyl (C=O) groups excluding carboxylic acids is 1. The Balaban J connectivity index is 1.40. The summed E-state index contributed by atoms with van der Waals surface area (Å²) in [6.45, 7) is 1.93. The number of hydrogen-bond donors (Lipinski definition) is 0. The standard InChI is InChI=1S/C16H23N3O/c1-2-3-9-16(17-18-16)10-7-15(20)19-11-8-14(12-19)13-5-4-6-13/h1,13-14H,3-12H2. The van der Waals surface area contributed by atoms with Crippen LogP contribution >= 0.6 is 0 Å².